The number of rotatable bonds is 5. The molecule has 0 amide bonds. The highest BCUT2D eigenvalue weighted by Gasteiger charge is 2.20. The second kappa shape index (κ2) is 9.16. The van der Waals surface area contributed by atoms with Crippen molar-refractivity contribution in [1.82, 2.24) is 19.7 Å². The van der Waals surface area contributed by atoms with E-state index in [1.165, 1.54) is 24.1 Å². The fraction of sp³-hybridized carbons (Fsp3) is 0.429. The Hall–Kier alpha value is -1.76. The van der Waals surface area contributed by atoms with Crippen LogP contribution in [0.3, 0.4) is 0 Å². The van der Waals surface area contributed by atoms with Gasteiger partial charge in [0.05, 0.1) is 5.69 Å². The Labute approximate surface area is 176 Å². The van der Waals surface area contributed by atoms with Crippen LogP contribution < -0.4 is 11.1 Å². The number of benzene rings is 1. The van der Waals surface area contributed by atoms with Crippen LogP contribution in [0.5, 0.6) is 0 Å². The SMILES string of the molecule is CC(C)c1c(Cc2ccccc2)nc2c(N)nc(SC3CCCNC3)cn12.Cl. The van der Waals surface area contributed by atoms with Crippen LogP contribution in [0.25, 0.3) is 5.65 Å². The van der Waals surface area contributed by atoms with Crippen molar-refractivity contribution in [3.63, 3.8) is 0 Å². The summed E-state index contributed by atoms with van der Waals surface area (Å²) in [6, 6.07) is 10.5. The monoisotopic (exact) mass is 417 g/mol. The lowest BCUT2D eigenvalue weighted by atomic mass is 10.0. The van der Waals surface area contributed by atoms with E-state index in [0.717, 1.165) is 35.9 Å². The molecule has 1 saturated heterocycles. The largest absolute Gasteiger partial charge is 0.381 e. The number of hydrogen-bond acceptors (Lipinski definition) is 5. The lowest BCUT2D eigenvalue weighted by molar-refractivity contribution is 0.531. The maximum atomic E-state index is 6.31. The average molecular weight is 418 g/mol. The first kappa shape index (κ1) is 21.0. The van der Waals surface area contributed by atoms with Gasteiger partial charge in [0.25, 0.3) is 0 Å². The molecule has 150 valence electrons. The lowest BCUT2D eigenvalue weighted by Gasteiger charge is -2.21. The molecule has 1 atom stereocenters. The van der Waals surface area contributed by atoms with Crippen molar-refractivity contribution in [2.75, 3.05) is 18.8 Å². The molecule has 2 aromatic heterocycles. The zero-order valence-electron chi connectivity index (χ0n) is 16.4. The van der Waals surface area contributed by atoms with E-state index in [1.807, 2.05) is 17.8 Å². The van der Waals surface area contributed by atoms with Crippen molar-refractivity contribution in [2.45, 2.75) is 49.3 Å². The highest BCUT2D eigenvalue weighted by molar-refractivity contribution is 7.99. The normalized spacial score (nSPS) is 17.0. The molecule has 0 spiro atoms. The predicted octanol–water partition coefficient (Wildman–Crippen LogP) is 4.29. The summed E-state index contributed by atoms with van der Waals surface area (Å²) in [6.07, 6.45) is 5.38. The van der Waals surface area contributed by atoms with Crippen LogP contribution >= 0.6 is 24.2 Å². The quantitative estimate of drug-likeness (QED) is 0.648. The van der Waals surface area contributed by atoms with E-state index in [2.05, 4.69) is 59.0 Å². The van der Waals surface area contributed by atoms with Gasteiger partial charge in [-0.05, 0) is 30.9 Å². The van der Waals surface area contributed by atoms with E-state index in [9.17, 15) is 0 Å². The standard InChI is InChI=1S/C21H27N5S.ClH/c1-14(2)19-17(11-15-7-4-3-5-8-15)24-21-20(22)25-18(13-26(19)21)27-16-9-6-10-23-12-16;/h3-5,7-8,13-14,16,23H,6,9-12H2,1-2H3,(H2,22,25);1H. The Morgan fingerprint density at radius 3 is 2.71 bits per heavy atom. The molecule has 1 aromatic carbocycles. The lowest BCUT2D eigenvalue weighted by Crippen LogP contribution is -2.31. The molecule has 1 fully saturated rings. The van der Waals surface area contributed by atoms with Crippen molar-refractivity contribution in [3.05, 3.63) is 53.5 Å². The number of nitrogens with one attached hydrogen (secondary N) is 1. The number of nitrogen functional groups attached to an aromatic ring is 1. The molecule has 3 aromatic rings. The fourth-order valence-corrected chi connectivity index (χ4v) is 4.93. The van der Waals surface area contributed by atoms with Gasteiger partial charge in [0.2, 0.25) is 0 Å². The van der Waals surface area contributed by atoms with Crippen LogP contribution in [0.4, 0.5) is 5.82 Å². The molecule has 7 heteroatoms. The molecule has 4 rings (SSSR count). The number of nitrogens with zero attached hydrogens (tertiary/aromatic N) is 3. The molecule has 1 unspecified atom stereocenters. The molecular weight excluding hydrogens is 390 g/mol. The van der Waals surface area contributed by atoms with Crippen LogP contribution in [0, 0.1) is 0 Å². The number of aromatic nitrogens is 3. The smallest absolute Gasteiger partial charge is 0.180 e. The van der Waals surface area contributed by atoms with Gasteiger partial charge in [0.15, 0.2) is 11.5 Å². The highest BCUT2D eigenvalue weighted by atomic mass is 35.5. The van der Waals surface area contributed by atoms with Crippen molar-refractivity contribution < 1.29 is 0 Å². The van der Waals surface area contributed by atoms with Gasteiger partial charge in [-0.1, -0.05) is 44.2 Å². The molecule has 5 nitrogen and oxygen atoms in total. The van der Waals surface area contributed by atoms with Crippen LogP contribution in [-0.2, 0) is 6.42 Å². The van der Waals surface area contributed by atoms with E-state index in [4.69, 9.17) is 10.7 Å². The summed E-state index contributed by atoms with van der Waals surface area (Å²) in [5, 5.41) is 5.01. The zero-order valence-corrected chi connectivity index (χ0v) is 18.0. The molecule has 0 bridgehead atoms. The third kappa shape index (κ3) is 4.45. The second-order valence-electron chi connectivity index (χ2n) is 7.51. The van der Waals surface area contributed by atoms with Gasteiger partial charge in [-0.2, -0.15) is 0 Å². The number of thioether (sulfide) groups is 1. The van der Waals surface area contributed by atoms with E-state index in [0.29, 0.717) is 17.0 Å². The minimum atomic E-state index is 0. The van der Waals surface area contributed by atoms with E-state index in [-0.39, 0.29) is 12.4 Å². The summed E-state index contributed by atoms with van der Waals surface area (Å²) < 4.78 is 2.17. The summed E-state index contributed by atoms with van der Waals surface area (Å²) in [5.41, 5.74) is 10.7. The second-order valence-corrected chi connectivity index (χ2v) is 8.83. The van der Waals surface area contributed by atoms with E-state index >= 15 is 0 Å². The third-order valence-corrected chi connectivity index (χ3v) is 6.20. The zero-order chi connectivity index (χ0) is 18.8. The third-order valence-electron chi connectivity index (χ3n) is 5.02. The van der Waals surface area contributed by atoms with Crippen molar-refractivity contribution in [1.29, 1.82) is 0 Å². The highest BCUT2D eigenvalue weighted by Crippen LogP contribution is 2.31. The maximum absolute atomic E-state index is 6.31. The Morgan fingerprint density at radius 2 is 2.04 bits per heavy atom. The molecule has 1 aliphatic heterocycles. The maximum Gasteiger partial charge on any atom is 0.180 e. The van der Waals surface area contributed by atoms with Crippen molar-refractivity contribution in [3.8, 4) is 0 Å². The molecule has 3 heterocycles. The number of halogens is 1. The summed E-state index contributed by atoms with van der Waals surface area (Å²) >= 11 is 1.82. The van der Waals surface area contributed by atoms with Gasteiger partial charge >= 0.3 is 0 Å². The molecule has 1 aliphatic rings. The summed E-state index contributed by atoms with van der Waals surface area (Å²) in [4.78, 5) is 9.52. The average Bonchev–Trinajstić information content (AvgIpc) is 3.02. The van der Waals surface area contributed by atoms with Crippen LogP contribution in [0.1, 0.15) is 49.6 Å². The Morgan fingerprint density at radius 1 is 1.25 bits per heavy atom. The van der Waals surface area contributed by atoms with Crippen molar-refractivity contribution >= 4 is 35.6 Å². The van der Waals surface area contributed by atoms with E-state index < -0.39 is 0 Å². The number of anilines is 1. The molecule has 28 heavy (non-hydrogen) atoms. The van der Waals surface area contributed by atoms with Gasteiger partial charge < -0.3 is 11.1 Å². The number of hydrogen-bond donors (Lipinski definition) is 2. The topological polar surface area (TPSA) is 68.2 Å². The predicted molar refractivity (Wildman–Crippen MR) is 120 cm³/mol. The molecule has 0 aliphatic carbocycles. The minimum absolute atomic E-state index is 0. The van der Waals surface area contributed by atoms with Gasteiger partial charge in [0, 0.05) is 30.1 Å². The fourth-order valence-electron chi connectivity index (χ4n) is 3.79. The number of nitrogens with two attached hydrogens (primary N) is 1. The summed E-state index contributed by atoms with van der Waals surface area (Å²) in [7, 11) is 0. The molecular formula is C21H28ClN5S. The number of imidazole rings is 1. The Bertz CT molecular complexity index is 919. The first-order chi connectivity index (χ1) is 13.1. The van der Waals surface area contributed by atoms with Crippen LogP contribution in [-0.4, -0.2) is 32.7 Å². The van der Waals surface area contributed by atoms with Gasteiger partial charge in [-0.25, -0.2) is 9.97 Å². The number of piperidine rings is 1. The molecule has 3 N–H and O–H groups in total. The van der Waals surface area contributed by atoms with Crippen LogP contribution in [0.15, 0.2) is 41.6 Å². The van der Waals surface area contributed by atoms with Gasteiger partial charge in [-0.3, -0.25) is 4.40 Å². The minimum Gasteiger partial charge on any atom is -0.381 e. The first-order valence-corrected chi connectivity index (χ1v) is 10.6. The van der Waals surface area contributed by atoms with Gasteiger partial charge in [-0.15, -0.1) is 24.2 Å². The summed E-state index contributed by atoms with van der Waals surface area (Å²) in [6.45, 7) is 6.58. The molecule has 0 saturated carbocycles. The van der Waals surface area contributed by atoms with E-state index in [1.54, 1.807) is 0 Å². The first-order valence-electron chi connectivity index (χ1n) is 9.70. The Kier molecular flexibility index (Phi) is 6.86. The van der Waals surface area contributed by atoms with Gasteiger partial charge in [0.1, 0.15) is 5.03 Å². The number of fused-ring (bicyclic) bond motifs is 1. The van der Waals surface area contributed by atoms with Crippen molar-refractivity contribution in [2.24, 2.45) is 0 Å². The summed E-state index contributed by atoms with van der Waals surface area (Å²) in [5.74, 6) is 0.875. The Balaban J connectivity index is 0.00000225. The van der Waals surface area contributed by atoms with Crippen LogP contribution in [0.2, 0.25) is 0 Å². The molecule has 0 radical (unpaired) electrons.